The Labute approximate surface area is 190 Å². The second-order valence-electron chi connectivity index (χ2n) is 9.49. The van der Waals surface area contributed by atoms with E-state index in [1.165, 1.54) is 12.8 Å². The Morgan fingerprint density at radius 1 is 1.19 bits per heavy atom. The largest absolute Gasteiger partial charge is 0.441 e. The molecule has 1 aliphatic carbocycles. The van der Waals surface area contributed by atoms with Gasteiger partial charge < -0.3 is 9.73 Å². The maximum Gasteiger partial charge on any atom is 0.226 e. The van der Waals surface area contributed by atoms with E-state index >= 15 is 0 Å². The molecule has 1 amide bonds. The Balaban J connectivity index is 1.37. The summed E-state index contributed by atoms with van der Waals surface area (Å²) < 4.78 is 5.92. The van der Waals surface area contributed by atoms with E-state index < -0.39 is 0 Å². The van der Waals surface area contributed by atoms with Crippen LogP contribution in [0.25, 0.3) is 11.5 Å². The molecule has 1 aromatic carbocycles. The number of nitrogens with one attached hydrogen (secondary N) is 1. The van der Waals surface area contributed by atoms with E-state index in [2.05, 4.69) is 24.1 Å². The molecule has 2 aromatic rings. The first-order valence-corrected chi connectivity index (χ1v) is 12.0. The summed E-state index contributed by atoms with van der Waals surface area (Å²) in [5.74, 6) is 2.99. The van der Waals surface area contributed by atoms with Gasteiger partial charge in [0.05, 0.1) is 11.6 Å². The molecule has 6 heteroatoms. The molecule has 2 fully saturated rings. The van der Waals surface area contributed by atoms with Gasteiger partial charge in [-0.15, -0.1) is 0 Å². The van der Waals surface area contributed by atoms with Crippen molar-refractivity contribution < 1.29 is 9.21 Å². The Morgan fingerprint density at radius 2 is 1.97 bits per heavy atom. The predicted octanol–water partition coefficient (Wildman–Crippen LogP) is 5.46. The molecule has 4 rings (SSSR count). The molecule has 4 unspecified atom stereocenters. The van der Waals surface area contributed by atoms with Gasteiger partial charge in [-0.1, -0.05) is 38.3 Å². The van der Waals surface area contributed by atoms with Gasteiger partial charge in [0.1, 0.15) is 5.76 Å². The number of benzene rings is 1. The number of piperidine rings is 1. The third-order valence-electron chi connectivity index (χ3n) is 7.27. The number of hydrogen-bond donors (Lipinski definition) is 1. The van der Waals surface area contributed by atoms with Crippen molar-refractivity contribution in [3.8, 4) is 11.5 Å². The summed E-state index contributed by atoms with van der Waals surface area (Å²) in [4.78, 5) is 20.1. The minimum Gasteiger partial charge on any atom is -0.441 e. The fraction of sp³-hybridized carbons (Fsp3) is 0.600. The third kappa shape index (κ3) is 5.32. The molecule has 5 nitrogen and oxygen atoms in total. The first-order chi connectivity index (χ1) is 14.9. The Hall–Kier alpha value is -1.85. The minimum absolute atomic E-state index is 0.0566. The van der Waals surface area contributed by atoms with Crippen molar-refractivity contribution in [3.63, 3.8) is 0 Å². The molecule has 2 heterocycles. The van der Waals surface area contributed by atoms with Crippen LogP contribution >= 0.6 is 11.6 Å². The lowest BCUT2D eigenvalue weighted by atomic mass is 9.78. The maximum absolute atomic E-state index is 13.0. The highest BCUT2D eigenvalue weighted by atomic mass is 35.5. The number of carbonyl (C=O) groups is 1. The molecule has 1 aliphatic heterocycles. The average Bonchev–Trinajstić information content (AvgIpc) is 3.12. The molecule has 31 heavy (non-hydrogen) atoms. The summed E-state index contributed by atoms with van der Waals surface area (Å²) in [5.41, 5.74) is 1.87. The summed E-state index contributed by atoms with van der Waals surface area (Å²) in [6, 6.07) is 7.86. The monoisotopic (exact) mass is 443 g/mol. The van der Waals surface area contributed by atoms with E-state index in [1.54, 1.807) is 0 Å². The van der Waals surface area contributed by atoms with E-state index in [1.807, 2.05) is 31.2 Å². The van der Waals surface area contributed by atoms with E-state index in [9.17, 15) is 4.79 Å². The van der Waals surface area contributed by atoms with Gasteiger partial charge in [-0.2, -0.15) is 0 Å². The highest BCUT2D eigenvalue weighted by Crippen LogP contribution is 2.30. The second kappa shape index (κ2) is 9.74. The zero-order valence-electron chi connectivity index (χ0n) is 18.9. The number of amides is 1. The summed E-state index contributed by atoms with van der Waals surface area (Å²) in [5, 5.41) is 4.08. The lowest BCUT2D eigenvalue weighted by molar-refractivity contribution is -0.128. The number of aryl methyl sites for hydroxylation is 1. The zero-order chi connectivity index (χ0) is 22.0. The zero-order valence-corrected chi connectivity index (χ0v) is 19.6. The minimum atomic E-state index is 0.0566. The van der Waals surface area contributed by atoms with Crippen LogP contribution in [-0.4, -0.2) is 34.9 Å². The molecule has 4 atom stereocenters. The van der Waals surface area contributed by atoms with Crippen LogP contribution in [0.2, 0.25) is 5.02 Å². The molecule has 1 saturated carbocycles. The highest BCUT2D eigenvalue weighted by molar-refractivity contribution is 6.30. The van der Waals surface area contributed by atoms with Crippen LogP contribution in [0.5, 0.6) is 0 Å². The fourth-order valence-electron chi connectivity index (χ4n) is 5.00. The number of likely N-dealkylation sites (tertiary alicyclic amines) is 1. The van der Waals surface area contributed by atoms with Crippen LogP contribution in [-0.2, 0) is 11.3 Å². The topological polar surface area (TPSA) is 58.4 Å². The van der Waals surface area contributed by atoms with Gasteiger partial charge in [0.15, 0.2) is 0 Å². The number of nitrogens with zero attached hydrogens (tertiary/aromatic N) is 2. The van der Waals surface area contributed by atoms with Crippen molar-refractivity contribution in [2.24, 2.45) is 17.8 Å². The lowest BCUT2D eigenvalue weighted by Gasteiger charge is -2.37. The fourth-order valence-corrected chi connectivity index (χ4v) is 5.13. The molecule has 168 valence electrons. The van der Waals surface area contributed by atoms with Crippen molar-refractivity contribution in [1.29, 1.82) is 0 Å². The molecular formula is C25H34ClN3O2. The van der Waals surface area contributed by atoms with Gasteiger partial charge in [-0.3, -0.25) is 9.69 Å². The normalized spacial score (nSPS) is 27.2. The van der Waals surface area contributed by atoms with Crippen LogP contribution in [0, 0.1) is 24.7 Å². The molecule has 1 N–H and O–H groups in total. The molecule has 1 aromatic heterocycles. The van der Waals surface area contributed by atoms with Gasteiger partial charge in [-0.25, -0.2) is 4.98 Å². The van der Waals surface area contributed by atoms with Crippen LogP contribution in [0.1, 0.15) is 57.4 Å². The molecule has 0 bridgehead atoms. The number of carbonyl (C=O) groups excluding carboxylic acids is 1. The Morgan fingerprint density at radius 3 is 2.74 bits per heavy atom. The Bertz CT molecular complexity index is 895. The molecule has 0 radical (unpaired) electrons. The molecule has 0 spiro atoms. The van der Waals surface area contributed by atoms with Gasteiger partial charge in [-0.05, 0) is 68.8 Å². The van der Waals surface area contributed by atoms with E-state index in [0.717, 1.165) is 49.4 Å². The van der Waals surface area contributed by atoms with Crippen molar-refractivity contribution in [2.75, 3.05) is 13.1 Å². The van der Waals surface area contributed by atoms with Gasteiger partial charge in [0.2, 0.25) is 11.8 Å². The number of oxazole rings is 1. The number of rotatable bonds is 5. The van der Waals surface area contributed by atoms with Crippen molar-refractivity contribution in [1.82, 2.24) is 15.2 Å². The van der Waals surface area contributed by atoms with Crippen molar-refractivity contribution >= 4 is 17.5 Å². The summed E-state index contributed by atoms with van der Waals surface area (Å²) in [6.45, 7) is 9.04. The summed E-state index contributed by atoms with van der Waals surface area (Å²) in [7, 11) is 0. The second-order valence-corrected chi connectivity index (χ2v) is 9.92. The number of aromatic nitrogens is 1. The van der Waals surface area contributed by atoms with Crippen LogP contribution < -0.4 is 5.32 Å². The van der Waals surface area contributed by atoms with E-state index in [0.29, 0.717) is 35.3 Å². The van der Waals surface area contributed by atoms with Gasteiger partial charge in [0.25, 0.3) is 0 Å². The summed E-state index contributed by atoms with van der Waals surface area (Å²) >= 11 is 5.99. The van der Waals surface area contributed by atoms with Gasteiger partial charge >= 0.3 is 0 Å². The Kier molecular flexibility index (Phi) is 7.02. The number of halogens is 1. The molecule has 1 saturated heterocycles. The lowest BCUT2D eigenvalue weighted by Crippen LogP contribution is -2.49. The van der Waals surface area contributed by atoms with E-state index in [-0.39, 0.29) is 11.8 Å². The summed E-state index contributed by atoms with van der Waals surface area (Å²) in [6.07, 6.45) is 5.61. The van der Waals surface area contributed by atoms with Crippen LogP contribution in [0.3, 0.4) is 0 Å². The predicted molar refractivity (Wildman–Crippen MR) is 124 cm³/mol. The maximum atomic E-state index is 13.0. The first-order valence-electron chi connectivity index (χ1n) is 11.7. The molecular weight excluding hydrogens is 410 g/mol. The smallest absolute Gasteiger partial charge is 0.226 e. The molecule has 2 aliphatic rings. The van der Waals surface area contributed by atoms with Crippen molar-refractivity contribution in [2.45, 2.75) is 65.5 Å². The van der Waals surface area contributed by atoms with E-state index in [4.69, 9.17) is 21.0 Å². The highest BCUT2D eigenvalue weighted by Gasteiger charge is 2.32. The van der Waals surface area contributed by atoms with Crippen molar-refractivity contribution in [3.05, 3.63) is 40.7 Å². The average molecular weight is 444 g/mol. The van der Waals surface area contributed by atoms with Crippen LogP contribution in [0.4, 0.5) is 0 Å². The third-order valence-corrected chi connectivity index (χ3v) is 7.52. The number of hydrogen-bond acceptors (Lipinski definition) is 4. The standard InChI is InChI=1S/C25H34ClN3O2/c1-16-6-4-8-22(17(16)2)27-24(30)20-7-5-13-29(14-20)15-23-18(3)31-25(28-23)19-9-11-21(26)12-10-19/h9-12,16-17,20,22H,4-8,13-15H2,1-3H3,(H,27,30). The van der Waals surface area contributed by atoms with Crippen LogP contribution in [0.15, 0.2) is 28.7 Å². The SMILES string of the molecule is Cc1oc(-c2ccc(Cl)cc2)nc1CN1CCCC(C(=O)NC2CCCC(C)C2C)C1. The quantitative estimate of drug-likeness (QED) is 0.666. The first kappa shape index (κ1) is 22.3. The van der Waals surface area contributed by atoms with Gasteiger partial charge in [0, 0.05) is 29.7 Å².